The van der Waals surface area contributed by atoms with E-state index in [1.165, 1.54) is 7.05 Å². The minimum Gasteiger partial charge on any atom is -0.494 e. The molecule has 0 radical (unpaired) electrons. The van der Waals surface area contributed by atoms with E-state index in [9.17, 15) is 14.7 Å². The van der Waals surface area contributed by atoms with Crippen molar-refractivity contribution in [3.8, 4) is 17.1 Å². The second-order valence-electron chi connectivity index (χ2n) is 4.92. The first-order valence-corrected chi connectivity index (χ1v) is 6.80. The maximum Gasteiger partial charge on any atom is 0.330 e. The molecule has 10 nitrogen and oxygen atoms in total. The van der Waals surface area contributed by atoms with Gasteiger partial charge in [-0.15, -0.1) is 0 Å². The molecule has 0 aliphatic rings. The van der Waals surface area contributed by atoms with E-state index < -0.39 is 17.1 Å². The van der Waals surface area contributed by atoms with Crippen molar-refractivity contribution in [1.29, 1.82) is 0 Å². The van der Waals surface area contributed by atoms with Gasteiger partial charge in [0.2, 0.25) is 5.88 Å². The van der Waals surface area contributed by atoms with Crippen LogP contribution >= 0.6 is 0 Å². The fourth-order valence-electron chi connectivity index (χ4n) is 2.08. The average Bonchev–Trinajstić information content (AvgIpc) is 3.08. The van der Waals surface area contributed by atoms with Crippen molar-refractivity contribution >= 4 is 11.5 Å². The van der Waals surface area contributed by atoms with Crippen LogP contribution in [0.1, 0.15) is 5.56 Å². The number of amidine groups is 1. The van der Waals surface area contributed by atoms with Gasteiger partial charge in [0.1, 0.15) is 17.1 Å². The van der Waals surface area contributed by atoms with Crippen molar-refractivity contribution in [1.82, 2.24) is 25.0 Å². The highest BCUT2D eigenvalue weighted by Crippen LogP contribution is 2.20. The van der Waals surface area contributed by atoms with Gasteiger partial charge in [0.15, 0.2) is 0 Å². The molecule has 0 saturated carbocycles. The summed E-state index contributed by atoms with van der Waals surface area (Å²) in [5.41, 5.74) is 5.95. The first-order chi connectivity index (χ1) is 11.5. The van der Waals surface area contributed by atoms with Gasteiger partial charge in [0.05, 0.1) is 11.9 Å². The second kappa shape index (κ2) is 5.83. The van der Waals surface area contributed by atoms with E-state index in [-0.39, 0.29) is 11.4 Å². The van der Waals surface area contributed by atoms with Crippen molar-refractivity contribution in [2.45, 2.75) is 0 Å². The average molecular weight is 327 g/mol. The van der Waals surface area contributed by atoms with Crippen LogP contribution in [0.15, 0.2) is 45.0 Å². The lowest BCUT2D eigenvalue weighted by atomic mass is 10.1. The number of nitrogens with zero attached hydrogens (tertiary/aromatic N) is 4. The Hall–Kier alpha value is -3.69. The Balaban J connectivity index is 1.99. The highest BCUT2D eigenvalue weighted by atomic mass is 16.3. The molecule has 10 heteroatoms. The van der Waals surface area contributed by atoms with E-state index in [1.54, 1.807) is 30.5 Å². The van der Waals surface area contributed by atoms with E-state index in [4.69, 9.17) is 5.73 Å². The Kier molecular flexibility index (Phi) is 3.70. The van der Waals surface area contributed by atoms with E-state index in [2.05, 4.69) is 25.4 Å². The van der Waals surface area contributed by atoms with E-state index >= 15 is 0 Å². The van der Waals surface area contributed by atoms with Crippen molar-refractivity contribution in [3.63, 3.8) is 0 Å². The summed E-state index contributed by atoms with van der Waals surface area (Å²) in [5.74, 6) is -0.761. The van der Waals surface area contributed by atoms with Crippen LogP contribution in [0.25, 0.3) is 11.3 Å². The van der Waals surface area contributed by atoms with Gasteiger partial charge in [-0.25, -0.2) is 9.79 Å². The third-order valence-electron chi connectivity index (χ3n) is 3.38. The Morgan fingerprint density at radius 2 is 2.00 bits per heavy atom. The van der Waals surface area contributed by atoms with E-state index in [0.29, 0.717) is 11.4 Å². The summed E-state index contributed by atoms with van der Waals surface area (Å²) in [7, 11) is 1.30. The molecule has 0 atom stereocenters. The van der Waals surface area contributed by atoms with Gasteiger partial charge < -0.3 is 10.8 Å². The number of H-pyrrole nitrogens is 2. The van der Waals surface area contributed by atoms with Crippen LogP contribution in [0.3, 0.4) is 0 Å². The number of aromatic nitrogens is 5. The number of nitrogens with one attached hydrogen (secondary N) is 2. The number of benzene rings is 1. The molecule has 0 spiro atoms. The molecule has 3 rings (SSSR count). The maximum atomic E-state index is 11.8. The predicted octanol–water partition coefficient (Wildman–Crippen LogP) is -0.399. The molecule has 2 heterocycles. The molecular formula is C14H13N7O3. The summed E-state index contributed by atoms with van der Waals surface area (Å²) in [6.45, 7) is 0. The summed E-state index contributed by atoms with van der Waals surface area (Å²) in [4.78, 5) is 29.4. The maximum absolute atomic E-state index is 11.8. The molecule has 0 aliphatic heterocycles. The molecule has 0 aliphatic carbocycles. The smallest absolute Gasteiger partial charge is 0.330 e. The van der Waals surface area contributed by atoms with Crippen LogP contribution in [0.4, 0.5) is 5.69 Å². The summed E-state index contributed by atoms with van der Waals surface area (Å²) < 4.78 is 0.868. The van der Waals surface area contributed by atoms with E-state index in [1.807, 2.05) is 0 Å². The molecule has 0 saturated heterocycles. The number of rotatable bonds is 3. The zero-order valence-corrected chi connectivity index (χ0v) is 12.5. The van der Waals surface area contributed by atoms with Gasteiger partial charge in [-0.2, -0.15) is 15.4 Å². The molecule has 2 aromatic heterocycles. The summed E-state index contributed by atoms with van der Waals surface area (Å²) in [6.07, 6.45) is 1.58. The second-order valence-corrected chi connectivity index (χ2v) is 4.92. The molecule has 0 amide bonds. The van der Waals surface area contributed by atoms with Crippen LogP contribution in [-0.4, -0.2) is 35.9 Å². The number of nitrogens with two attached hydrogens (primary N) is 1. The Morgan fingerprint density at radius 3 is 2.62 bits per heavy atom. The summed E-state index contributed by atoms with van der Waals surface area (Å²) >= 11 is 0. The zero-order valence-electron chi connectivity index (χ0n) is 12.5. The predicted molar refractivity (Wildman–Crippen MR) is 86.2 cm³/mol. The number of aliphatic imine (C=N–C) groups is 1. The number of aromatic amines is 2. The van der Waals surface area contributed by atoms with Crippen LogP contribution in [0.2, 0.25) is 0 Å². The van der Waals surface area contributed by atoms with Crippen molar-refractivity contribution < 1.29 is 5.11 Å². The monoisotopic (exact) mass is 327 g/mol. The zero-order chi connectivity index (χ0) is 17.3. The normalized spacial score (nSPS) is 11.6. The molecule has 0 fully saturated rings. The van der Waals surface area contributed by atoms with Gasteiger partial charge in [-0.05, 0) is 12.1 Å². The third kappa shape index (κ3) is 2.67. The minimum atomic E-state index is -0.809. The van der Waals surface area contributed by atoms with Crippen LogP contribution in [0, 0.1) is 0 Å². The fraction of sp³-hybridized carbons (Fsp3) is 0.0714. The van der Waals surface area contributed by atoms with Crippen molar-refractivity contribution in [3.05, 3.63) is 56.9 Å². The van der Waals surface area contributed by atoms with Gasteiger partial charge in [-0.3, -0.25) is 14.3 Å². The molecule has 24 heavy (non-hydrogen) atoms. The summed E-state index contributed by atoms with van der Waals surface area (Å²) in [5, 5.41) is 20.1. The lowest BCUT2D eigenvalue weighted by Crippen LogP contribution is -2.34. The highest BCUT2D eigenvalue weighted by molar-refractivity contribution is 6.00. The third-order valence-corrected chi connectivity index (χ3v) is 3.38. The number of aromatic hydroxyl groups is 1. The first kappa shape index (κ1) is 15.2. The summed E-state index contributed by atoms with van der Waals surface area (Å²) in [6, 6.07) is 6.86. The molecule has 3 aromatic rings. The Morgan fingerprint density at radius 1 is 1.29 bits per heavy atom. The van der Waals surface area contributed by atoms with Gasteiger partial charge >= 0.3 is 5.69 Å². The van der Waals surface area contributed by atoms with Crippen molar-refractivity contribution in [2.24, 2.45) is 17.8 Å². The Bertz CT molecular complexity index is 1010. The van der Waals surface area contributed by atoms with Crippen molar-refractivity contribution in [2.75, 3.05) is 0 Å². The molecule has 1 aromatic carbocycles. The highest BCUT2D eigenvalue weighted by Gasteiger charge is 2.15. The largest absolute Gasteiger partial charge is 0.494 e. The van der Waals surface area contributed by atoms with Crippen LogP contribution in [0.5, 0.6) is 5.88 Å². The standard InChI is InChI=1S/C14H13N7O3/c1-21-13(23)10(12(22)18-14(21)24)11(15)17-8-4-2-7(3-5-8)9-6-16-20-19-9/h2-6,23H,1H3,(H2,15,17)(H,16,19,20)(H,18,22,24). The van der Waals surface area contributed by atoms with Gasteiger partial charge in [0, 0.05) is 12.6 Å². The van der Waals surface area contributed by atoms with Gasteiger partial charge in [0.25, 0.3) is 5.56 Å². The fourth-order valence-corrected chi connectivity index (χ4v) is 2.08. The Labute approximate surface area is 134 Å². The van der Waals surface area contributed by atoms with Gasteiger partial charge in [-0.1, -0.05) is 12.1 Å². The number of hydrogen-bond acceptors (Lipinski definition) is 6. The molecule has 5 N–H and O–H groups in total. The molecule has 0 bridgehead atoms. The topological polar surface area (TPSA) is 155 Å². The van der Waals surface area contributed by atoms with Crippen LogP contribution in [-0.2, 0) is 7.05 Å². The van der Waals surface area contributed by atoms with Crippen LogP contribution < -0.4 is 17.0 Å². The molecule has 122 valence electrons. The quantitative estimate of drug-likeness (QED) is 0.379. The van der Waals surface area contributed by atoms with E-state index in [0.717, 1.165) is 10.1 Å². The molecule has 0 unspecified atom stereocenters. The minimum absolute atomic E-state index is 0.210. The first-order valence-electron chi connectivity index (χ1n) is 6.80. The lowest BCUT2D eigenvalue weighted by Gasteiger charge is -2.06. The lowest BCUT2D eigenvalue weighted by molar-refractivity contribution is 0.416. The molecular weight excluding hydrogens is 314 g/mol. The number of hydrogen-bond donors (Lipinski definition) is 4. The SMILES string of the molecule is Cn1c(O)c(C(N)=Nc2ccc(-c3cn[nH]n3)cc2)c(=O)[nH]c1=O.